The number of likely N-dealkylation sites (tertiary alicyclic amines) is 1. The molecule has 0 aliphatic carbocycles. The summed E-state index contributed by atoms with van der Waals surface area (Å²) in [4.78, 5) is 26.0. The minimum Gasteiger partial charge on any atom is -0.481 e. The number of hydrogen-bond donors (Lipinski definition) is 1. The van der Waals surface area contributed by atoms with Crippen molar-refractivity contribution in [1.82, 2.24) is 24.5 Å². The van der Waals surface area contributed by atoms with Crippen molar-refractivity contribution < 1.29 is 14.7 Å². The molecule has 0 bridgehead atoms. The summed E-state index contributed by atoms with van der Waals surface area (Å²) >= 11 is 0. The highest BCUT2D eigenvalue weighted by Crippen LogP contribution is 2.37. The zero-order chi connectivity index (χ0) is 18.0. The molecule has 1 saturated heterocycles. The van der Waals surface area contributed by atoms with Gasteiger partial charge in [0.1, 0.15) is 0 Å². The van der Waals surface area contributed by atoms with Crippen LogP contribution in [0.2, 0.25) is 0 Å². The van der Waals surface area contributed by atoms with E-state index in [0.717, 1.165) is 5.56 Å². The van der Waals surface area contributed by atoms with Gasteiger partial charge in [0.05, 0.1) is 18.2 Å². The van der Waals surface area contributed by atoms with E-state index in [-0.39, 0.29) is 18.2 Å². The number of rotatable bonds is 6. The molecule has 134 valence electrons. The van der Waals surface area contributed by atoms with E-state index in [0.29, 0.717) is 19.5 Å². The van der Waals surface area contributed by atoms with Crippen LogP contribution >= 0.6 is 0 Å². The fourth-order valence-corrected chi connectivity index (χ4v) is 3.55. The maximum absolute atomic E-state index is 12.6. The van der Waals surface area contributed by atoms with Gasteiger partial charge in [-0.15, -0.1) is 0 Å². The van der Waals surface area contributed by atoms with Gasteiger partial charge in [-0.1, -0.05) is 6.92 Å². The Hall–Kier alpha value is -2.64. The molecule has 2 aromatic rings. The molecule has 8 nitrogen and oxygen atoms in total. The lowest BCUT2D eigenvalue weighted by Crippen LogP contribution is -2.47. The summed E-state index contributed by atoms with van der Waals surface area (Å²) in [5.41, 5.74) is 0.772. The molecule has 1 amide bonds. The molecule has 0 spiro atoms. The van der Waals surface area contributed by atoms with Gasteiger partial charge in [0.25, 0.3) is 0 Å². The number of piperidine rings is 1. The maximum Gasteiger partial charge on any atom is 0.308 e. The van der Waals surface area contributed by atoms with Crippen molar-refractivity contribution in [2.45, 2.75) is 32.4 Å². The predicted molar refractivity (Wildman–Crippen MR) is 89.4 cm³/mol. The van der Waals surface area contributed by atoms with Crippen LogP contribution in [-0.2, 0) is 23.2 Å². The first kappa shape index (κ1) is 17.2. The Morgan fingerprint density at radius 2 is 2.20 bits per heavy atom. The molecule has 2 aromatic heterocycles. The molecule has 0 saturated carbocycles. The molecule has 0 radical (unpaired) electrons. The third kappa shape index (κ3) is 3.72. The number of carbonyl (C=O) groups is 2. The van der Waals surface area contributed by atoms with Crippen LogP contribution in [0.4, 0.5) is 0 Å². The standard InChI is InChI=1S/C17H23N5O3/c1-12(9-21-7-3-6-18-21)10-22-15(23)5-4-14(17(24)25)16(22)13-8-19-20(2)11-13/h3,6-8,11-12,14,16H,4-5,9-10H2,1-2H3,(H,24,25)/t12-,14-,16-/m0/s1. The molecular formula is C17H23N5O3. The minimum atomic E-state index is -0.869. The van der Waals surface area contributed by atoms with Crippen molar-refractivity contribution >= 4 is 11.9 Å². The van der Waals surface area contributed by atoms with E-state index in [1.165, 1.54) is 0 Å². The zero-order valence-electron chi connectivity index (χ0n) is 14.4. The SMILES string of the molecule is C[C@H](CN1C(=O)CC[C@H](C(=O)O)[C@@H]1c1cnn(C)c1)Cn1cccn1. The first-order valence-corrected chi connectivity index (χ1v) is 8.44. The number of aryl methyl sites for hydroxylation is 1. The van der Waals surface area contributed by atoms with Crippen LogP contribution in [0.1, 0.15) is 31.4 Å². The predicted octanol–water partition coefficient (Wildman–Crippen LogP) is 1.32. The normalized spacial score (nSPS) is 22.2. The molecule has 3 heterocycles. The van der Waals surface area contributed by atoms with Crippen LogP contribution in [0.3, 0.4) is 0 Å². The molecule has 8 heteroatoms. The fourth-order valence-electron chi connectivity index (χ4n) is 3.55. The van der Waals surface area contributed by atoms with Gasteiger partial charge in [0.2, 0.25) is 5.91 Å². The van der Waals surface area contributed by atoms with Crippen LogP contribution in [-0.4, -0.2) is 48.0 Å². The highest BCUT2D eigenvalue weighted by atomic mass is 16.4. The largest absolute Gasteiger partial charge is 0.481 e. The van der Waals surface area contributed by atoms with Gasteiger partial charge in [-0.3, -0.25) is 19.0 Å². The number of aliphatic carboxylic acids is 1. The van der Waals surface area contributed by atoms with Crippen molar-refractivity contribution in [1.29, 1.82) is 0 Å². The average molecular weight is 345 g/mol. The summed E-state index contributed by atoms with van der Waals surface area (Å²) in [5, 5.41) is 18.0. The second-order valence-corrected chi connectivity index (χ2v) is 6.75. The fraction of sp³-hybridized carbons (Fsp3) is 0.529. The van der Waals surface area contributed by atoms with Crippen LogP contribution in [0.15, 0.2) is 30.9 Å². The first-order valence-electron chi connectivity index (χ1n) is 8.44. The van der Waals surface area contributed by atoms with E-state index in [4.69, 9.17) is 0 Å². The van der Waals surface area contributed by atoms with E-state index in [1.54, 1.807) is 35.2 Å². The van der Waals surface area contributed by atoms with Crippen molar-refractivity contribution in [3.63, 3.8) is 0 Å². The van der Waals surface area contributed by atoms with Gasteiger partial charge in [0, 0.05) is 50.7 Å². The van der Waals surface area contributed by atoms with Crippen LogP contribution in [0, 0.1) is 11.8 Å². The van der Waals surface area contributed by atoms with Gasteiger partial charge < -0.3 is 10.0 Å². The van der Waals surface area contributed by atoms with E-state index >= 15 is 0 Å². The highest BCUT2D eigenvalue weighted by Gasteiger charge is 2.41. The number of hydrogen-bond acceptors (Lipinski definition) is 4. The monoisotopic (exact) mass is 345 g/mol. The first-order chi connectivity index (χ1) is 12.0. The molecule has 1 N–H and O–H groups in total. The average Bonchev–Trinajstić information content (AvgIpc) is 3.20. The second kappa shape index (κ2) is 7.08. The number of carboxylic acids is 1. The van der Waals surface area contributed by atoms with Crippen molar-refractivity contribution in [3.05, 3.63) is 36.4 Å². The molecule has 0 aromatic carbocycles. The summed E-state index contributed by atoms with van der Waals surface area (Å²) in [6.45, 7) is 3.20. The van der Waals surface area contributed by atoms with Crippen LogP contribution in [0.25, 0.3) is 0 Å². The lowest BCUT2D eigenvalue weighted by Gasteiger charge is -2.40. The zero-order valence-corrected chi connectivity index (χ0v) is 14.4. The number of carbonyl (C=O) groups excluding carboxylic acids is 1. The summed E-state index contributed by atoms with van der Waals surface area (Å²) in [7, 11) is 1.79. The second-order valence-electron chi connectivity index (χ2n) is 6.75. The maximum atomic E-state index is 12.6. The number of aromatic nitrogens is 4. The Kier molecular flexibility index (Phi) is 4.87. The van der Waals surface area contributed by atoms with Gasteiger partial charge >= 0.3 is 5.97 Å². The quantitative estimate of drug-likeness (QED) is 0.852. The lowest BCUT2D eigenvalue weighted by atomic mass is 9.85. The van der Waals surface area contributed by atoms with Crippen LogP contribution < -0.4 is 0 Å². The Balaban J connectivity index is 1.83. The van der Waals surface area contributed by atoms with Crippen molar-refractivity contribution in [2.24, 2.45) is 18.9 Å². The summed E-state index contributed by atoms with van der Waals surface area (Å²) in [5.74, 6) is -1.33. The number of amides is 1. The van der Waals surface area contributed by atoms with E-state index < -0.39 is 17.9 Å². The molecular weight excluding hydrogens is 322 g/mol. The smallest absolute Gasteiger partial charge is 0.308 e. The summed E-state index contributed by atoms with van der Waals surface area (Å²) in [6.07, 6.45) is 7.68. The summed E-state index contributed by atoms with van der Waals surface area (Å²) < 4.78 is 3.46. The highest BCUT2D eigenvalue weighted by molar-refractivity contribution is 5.81. The third-order valence-electron chi connectivity index (χ3n) is 4.66. The minimum absolute atomic E-state index is 0.00123. The summed E-state index contributed by atoms with van der Waals surface area (Å²) in [6, 6.07) is 1.38. The topological polar surface area (TPSA) is 93.3 Å². The van der Waals surface area contributed by atoms with Gasteiger partial charge in [-0.2, -0.15) is 10.2 Å². The molecule has 1 fully saturated rings. The molecule has 25 heavy (non-hydrogen) atoms. The van der Waals surface area contributed by atoms with E-state index in [9.17, 15) is 14.7 Å². The van der Waals surface area contributed by atoms with E-state index in [1.807, 2.05) is 23.9 Å². The number of nitrogens with zero attached hydrogens (tertiary/aromatic N) is 5. The van der Waals surface area contributed by atoms with Gasteiger partial charge in [-0.05, 0) is 18.4 Å². The van der Waals surface area contributed by atoms with Gasteiger partial charge in [-0.25, -0.2) is 0 Å². The Labute approximate surface area is 146 Å². The molecule has 0 unspecified atom stereocenters. The van der Waals surface area contributed by atoms with Gasteiger partial charge in [0.15, 0.2) is 0 Å². The lowest BCUT2D eigenvalue weighted by molar-refractivity contribution is -0.152. The number of carboxylic acid groups (broad SMARTS) is 1. The molecule has 3 rings (SSSR count). The Morgan fingerprint density at radius 1 is 1.40 bits per heavy atom. The third-order valence-corrected chi connectivity index (χ3v) is 4.66. The Bertz CT molecular complexity index is 739. The van der Waals surface area contributed by atoms with E-state index in [2.05, 4.69) is 10.2 Å². The van der Waals surface area contributed by atoms with Crippen molar-refractivity contribution in [3.8, 4) is 0 Å². The van der Waals surface area contributed by atoms with Crippen molar-refractivity contribution in [2.75, 3.05) is 6.54 Å². The molecule has 1 aliphatic rings. The molecule has 1 aliphatic heterocycles. The van der Waals surface area contributed by atoms with Crippen LogP contribution in [0.5, 0.6) is 0 Å². The Morgan fingerprint density at radius 3 is 2.80 bits per heavy atom. The molecule has 3 atom stereocenters.